The highest BCUT2D eigenvalue weighted by Crippen LogP contribution is 2.53. The Morgan fingerprint density at radius 1 is 0.641 bits per heavy atom. The molecule has 0 saturated heterocycles. The number of nitrogens with zero attached hydrogens (tertiary/aromatic N) is 3. The lowest BCUT2D eigenvalue weighted by Gasteiger charge is -2.32. The summed E-state index contributed by atoms with van der Waals surface area (Å²) in [6.45, 7) is 0. The van der Waals surface area contributed by atoms with Gasteiger partial charge in [0.15, 0.2) is 0 Å². The van der Waals surface area contributed by atoms with Crippen LogP contribution in [0.5, 0.6) is 0 Å². The maximum Gasteiger partial charge on any atom is 0.235 e. The molecule has 0 spiro atoms. The molecule has 0 bridgehead atoms. The van der Waals surface area contributed by atoms with E-state index < -0.39 is 0 Å². The third-order valence-electron chi connectivity index (χ3n) is 7.80. The minimum Gasteiger partial charge on any atom is -0.360 e. The molecule has 0 fully saturated rings. The molecule has 0 saturated carbocycles. The fraction of sp³-hybridized carbons (Fsp3) is 0. The van der Waals surface area contributed by atoms with Crippen molar-refractivity contribution in [2.45, 2.75) is 0 Å². The van der Waals surface area contributed by atoms with Gasteiger partial charge in [-0.25, -0.2) is 9.97 Å². The van der Waals surface area contributed by atoms with E-state index in [1.54, 1.807) is 11.3 Å². The largest absolute Gasteiger partial charge is 0.360 e. The summed E-state index contributed by atoms with van der Waals surface area (Å²) < 4.78 is 2.31. The first-order valence-electron chi connectivity index (χ1n) is 13.0. The summed E-state index contributed by atoms with van der Waals surface area (Å²) in [5, 5.41) is 6.04. The van der Waals surface area contributed by atoms with Crippen molar-refractivity contribution in [2.24, 2.45) is 0 Å². The summed E-state index contributed by atoms with van der Waals surface area (Å²) in [5.74, 6) is 0.675. The van der Waals surface area contributed by atoms with Gasteiger partial charge in [0.05, 0.1) is 27.3 Å². The Balaban J connectivity index is 1.45. The Labute approximate surface area is 227 Å². The second-order valence-electron chi connectivity index (χ2n) is 9.93. The molecule has 5 heteroatoms. The topological polar surface area (TPSA) is 44.8 Å². The van der Waals surface area contributed by atoms with Crippen LogP contribution < -0.4 is 4.90 Å². The highest BCUT2D eigenvalue weighted by atomic mass is 32.1. The van der Waals surface area contributed by atoms with Gasteiger partial charge >= 0.3 is 0 Å². The van der Waals surface area contributed by atoms with E-state index in [2.05, 4.69) is 113 Å². The van der Waals surface area contributed by atoms with Crippen LogP contribution in [0.1, 0.15) is 0 Å². The molecule has 1 aliphatic heterocycles. The number of anilines is 3. The zero-order chi connectivity index (χ0) is 25.5. The molecule has 0 atom stereocenters. The zero-order valence-electron chi connectivity index (χ0n) is 20.7. The van der Waals surface area contributed by atoms with Gasteiger partial charge in [0.2, 0.25) is 5.95 Å². The van der Waals surface area contributed by atoms with Crippen LogP contribution in [0.15, 0.2) is 115 Å². The number of thiophene rings is 1. The van der Waals surface area contributed by atoms with E-state index >= 15 is 0 Å². The molecule has 1 aliphatic rings. The van der Waals surface area contributed by atoms with E-state index in [-0.39, 0.29) is 0 Å². The van der Waals surface area contributed by atoms with Gasteiger partial charge in [-0.3, -0.25) is 4.90 Å². The molecular weight excluding hydrogens is 496 g/mol. The van der Waals surface area contributed by atoms with E-state index in [1.165, 1.54) is 37.4 Å². The van der Waals surface area contributed by atoms with Gasteiger partial charge < -0.3 is 4.98 Å². The van der Waals surface area contributed by atoms with Crippen LogP contribution in [-0.4, -0.2) is 15.0 Å². The summed E-state index contributed by atoms with van der Waals surface area (Å²) in [5.41, 5.74) is 7.56. The van der Waals surface area contributed by atoms with Gasteiger partial charge in [0.1, 0.15) is 5.69 Å². The first kappa shape index (κ1) is 21.0. The second kappa shape index (κ2) is 7.76. The number of fused-ring (bicyclic) bond motifs is 7. The summed E-state index contributed by atoms with van der Waals surface area (Å²) in [6, 6.07) is 38.8. The number of hydrogen-bond acceptors (Lipinski definition) is 4. The van der Waals surface area contributed by atoms with Crippen LogP contribution in [0.4, 0.5) is 17.3 Å². The van der Waals surface area contributed by atoms with Crippen LogP contribution >= 0.6 is 11.3 Å². The molecule has 9 rings (SSSR count). The van der Waals surface area contributed by atoms with Crippen LogP contribution in [0, 0.1) is 0 Å². The molecule has 0 amide bonds. The van der Waals surface area contributed by atoms with Crippen LogP contribution in [-0.2, 0) is 0 Å². The molecule has 1 N–H and O–H groups in total. The SMILES string of the molecule is c1c[nH]c(-c2nc(N3c4ccc5ccccc5c4-c4cccc5cccc3c45)nc3c2sc2ccccc23)c1. The number of benzene rings is 5. The second-order valence-corrected chi connectivity index (χ2v) is 11.0. The Bertz CT molecular complexity index is 2240. The third-order valence-corrected chi connectivity index (χ3v) is 8.97. The highest BCUT2D eigenvalue weighted by Gasteiger charge is 2.30. The van der Waals surface area contributed by atoms with Crippen LogP contribution in [0.2, 0.25) is 0 Å². The molecule has 3 aromatic heterocycles. The van der Waals surface area contributed by atoms with Gasteiger partial charge in [-0.1, -0.05) is 78.9 Å². The molecule has 4 heterocycles. The predicted octanol–water partition coefficient (Wildman–Crippen LogP) is 9.60. The number of H-pyrrole nitrogens is 1. The Kier molecular flexibility index (Phi) is 4.18. The molecule has 0 radical (unpaired) electrons. The van der Waals surface area contributed by atoms with Crippen LogP contribution in [0.3, 0.4) is 0 Å². The van der Waals surface area contributed by atoms with E-state index in [0.717, 1.165) is 38.4 Å². The van der Waals surface area contributed by atoms with Gasteiger partial charge in [0.25, 0.3) is 0 Å². The maximum absolute atomic E-state index is 5.31. The third kappa shape index (κ3) is 2.88. The van der Waals surface area contributed by atoms with Crippen molar-refractivity contribution in [1.29, 1.82) is 0 Å². The Morgan fingerprint density at radius 2 is 1.46 bits per heavy atom. The quantitative estimate of drug-likeness (QED) is 0.249. The molecular formula is C34H20N4S. The van der Waals surface area contributed by atoms with E-state index in [9.17, 15) is 0 Å². The minimum atomic E-state index is 0.675. The molecule has 5 aromatic carbocycles. The van der Waals surface area contributed by atoms with E-state index in [4.69, 9.17) is 9.97 Å². The first-order chi connectivity index (χ1) is 19.3. The standard InChI is InChI=1S/C34H20N4S/c1-2-11-22-20(8-1)17-18-27-30(22)24-13-5-9-21-10-6-15-26(29(21)24)38(27)34-36-31-23-12-3-4-16-28(23)39-33(31)32(37-34)25-14-7-19-35-25/h1-19,35H. The lowest BCUT2D eigenvalue weighted by molar-refractivity contribution is 1.11. The molecule has 0 unspecified atom stereocenters. The van der Waals surface area contributed by atoms with Crippen molar-refractivity contribution < 1.29 is 0 Å². The van der Waals surface area contributed by atoms with Gasteiger partial charge in [-0.15, -0.1) is 11.3 Å². The fourth-order valence-electron chi connectivity index (χ4n) is 6.13. The average molecular weight is 517 g/mol. The summed E-state index contributed by atoms with van der Waals surface area (Å²) in [4.78, 5) is 16.3. The van der Waals surface area contributed by atoms with Crippen molar-refractivity contribution in [3.63, 3.8) is 0 Å². The number of aromatic amines is 1. The van der Waals surface area contributed by atoms with Crippen molar-refractivity contribution in [2.75, 3.05) is 4.90 Å². The Morgan fingerprint density at radius 3 is 2.36 bits per heavy atom. The lowest BCUT2D eigenvalue weighted by atomic mass is 9.88. The predicted molar refractivity (Wildman–Crippen MR) is 163 cm³/mol. The van der Waals surface area contributed by atoms with E-state index in [1.807, 2.05) is 12.3 Å². The minimum absolute atomic E-state index is 0.675. The monoisotopic (exact) mass is 516 g/mol. The highest BCUT2D eigenvalue weighted by molar-refractivity contribution is 7.26. The molecule has 8 aromatic rings. The van der Waals surface area contributed by atoms with Crippen molar-refractivity contribution in [3.05, 3.63) is 115 Å². The zero-order valence-corrected chi connectivity index (χ0v) is 21.5. The van der Waals surface area contributed by atoms with Crippen molar-refractivity contribution in [3.8, 4) is 22.5 Å². The smallest absolute Gasteiger partial charge is 0.235 e. The number of hydrogen-bond donors (Lipinski definition) is 1. The van der Waals surface area contributed by atoms with Crippen molar-refractivity contribution >= 4 is 70.5 Å². The van der Waals surface area contributed by atoms with Gasteiger partial charge in [-0.2, -0.15) is 0 Å². The number of rotatable bonds is 2. The van der Waals surface area contributed by atoms with Crippen LogP contribution in [0.25, 0.3) is 64.4 Å². The molecule has 0 aliphatic carbocycles. The average Bonchev–Trinajstić information content (AvgIpc) is 3.65. The van der Waals surface area contributed by atoms with Gasteiger partial charge in [-0.05, 0) is 52.1 Å². The fourth-order valence-corrected chi connectivity index (χ4v) is 7.28. The van der Waals surface area contributed by atoms with E-state index in [0.29, 0.717) is 5.95 Å². The Hall–Kier alpha value is -5.00. The summed E-state index contributed by atoms with van der Waals surface area (Å²) in [6.07, 6.45) is 1.95. The van der Waals surface area contributed by atoms with Crippen molar-refractivity contribution in [1.82, 2.24) is 15.0 Å². The summed E-state index contributed by atoms with van der Waals surface area (Å²) in [7, 11) is 0. The molecule has 182 valence electrons. The lowest BCUT2D eigenvalue weighted by Crippen LogP contribution is -2.18. The number of aromatic nitrogens is 3. The molecule has 4 nitrogen and oxygen atoms in total. The summed E-state index contributed by atoms with van der Waals surface area (Å²) >= 11 is 1.75. The van der Waals surface area contributed by atoms with Gasteiger partial charge in [0, 0.05) is 27.2 Å². The number of nitrogens with one attached hydrogen (secondary N) is 1. The normalized spacial score (nSPS) is 12.6. The first-order valence-corrected chi connectivity index (χ1v) is 13.8. The molecule has 39 heavy (non-hydrogen) atoms. The maximum atomic E-state index is 5.31.